The van der Waals surface area contributed by atoms with E-state index >= 15 is 0 Å². The number of rotatable bonds is 4. The summed E-state index contributed by atoms with van der Waals surface area (Å²) in [5.41, 5.74) is 4.10. The Labute approximate surface area is 127 Å². The van der Waals surface area contributed by atoms with E-state index in [4.69, 9.17) is 0 Å². The second-order valence-electron chi connectivity index (χ2n) is 5.02. The third kappa shape index (κ3) is 3.54. The molecule has 0 aromatic heterocycles. The highest BCUT2D eigenvalue weighted by molar-refractivity contribution is 9.10. The Bertz CT molecular complexity index is 649. The Morgan fingerprint density at radius 3 is 2.55 bits per heavy atom. The first-order valence-corrected chi connectivity index (χ1v) is 7.27. The average molecular weight is 335 g/mol. The average Bonchev–Trinajstić information content (AvgIpc) is 2.39. The minimum Gasteiger partial charge on any atom is -0.299 e. The number of carbonyl (C=O) groups is 1. The van der Waals surface area contributed by atoms with E-state index < -0.39 is 0 Å². The second kappa shape index (κ2) is 6.31. The summed E-state index contributed by atoms with van der Waals surface area (Å²) < 4.78 is 13.8. The van der Waals surface area contributed by atoms with Crippen molar-refractivity contribution in [3.63, 3.8) is 0 Å². The van der Waals surface area contributed by atoms with Crippen LogP contribution in [0.5, 0.6) is 0 Å². The normalized spacial score (nSPS) is 10.6. The molecule has 2 rings (SSSR count). The summed E-state index contributed by atoms with van der Waals surface area (Å²) in [7, 11) is 0. The molecule has 20 heavy (non-hydrogen) atoms. The zero-order chi connectivity index (χ0) is 14.7. The zero-order valence-electron chi connectivity index (χ0n) is 11.5. The first-order chi connectivity index (χ1) is 9.47. The van der Waals surface area contributed by atoms with Crippen LogP contribution in [-0.2, 0) is 17.6 Å². The van der Waals surface area contributed by atoms with E-state index in [1.54, 1.807) is 12.1 Å². The van der Waals surface area contributed by atoms with Gasteiger partial charge < -0.3 is 0 Å². The smallest absolute Gasteiger partial charge is 0.141 e. The van der Waals surface area contributed by atoms with Crippen LogP contribution < -0.4 is 0 Å². The third-order valence-electron chi connectivity index (χ3n) is 3.39. The fraction of sp³-hybridized carbons (Fsp3) is 0.235. The van der Waals surface area contributed by atoms with Gasteiger partial charge in [-0.1, -0.05) is 30.3 Å². The summed E-state index contributed by atoms with van der Waals surface area (Å²) in [5, 5.41) is 0. The minimum absolute atomic E-state index is 0.0829. The van der Waals surface area contributed by atoms with Crippen LogP contribution in [0.1, 0.15) is 22.3 Å². The van der Waals surface area contributed by atoms with Gasteiger partial charge in [0.2, 0.25) is 0 Å². The maximum absolute atomic E-state index is 13.4. The molecular weight excluding hydrogens is 319 g/mol. The molecule has 0 bridgehead atoms. The van der Waals surface area contributed by atoms with E-state index in [0.29, 0.717) is 16.5 Å². The van der Waals surface area contributed by atoms with Crippen LogP contribution in [0.3, 0.4) is 0 Å². The van der Waals surface area contributed by atoms with Crippen molar-refractivity contribution in [1.82, 2.24) is 0 Å². The minimum atomic E-state index is -0.332. The van der Waals surface area contributed by atoms with Crippen molar-refractivity contribution in [1.29, 1.82) is 0 Å². The molecule has 0 spiro atoms. The van der Waals surface area contributed by atoms with Gasteiger partial charge >= 0.3 is 0 Å². The summed E-state index contributed by atoms with van der Waals surface area (Å²) in [6, 6.07) is 10.8. The lowest BCUT2D eigenvalue weighted by molar-refractivity contribution is -0.117. The zero-order valence-corrected chi connectivity index (χ0v) is 13.1. The summed E-state index contributed by atoms with van der Waals surface area (Å²) in [6.45, 7) is 4.08. The van der Waals surface area contributed by atoms with E-state index in [9.17, 15) is 9.18 Å². The molecule has 0 saturated carbocycles. The SMILES string of the molecule is Cc1ccc(CC(=O)Cc2cccc(F)c2Br)cc1C. The molecule has 0 saturated heterocycles. The molecule has 1 nitrogen and oxygen atoms in total. The second-order valence-corrected chi connectivity index (χ2v) is 5.82. The van der Waals surface area contributed by atoms with Crippen molar-refractivity contribution in [2.45, 2.75) is 26.7 Å². The van der Waals surface area contributed by atoms with Crippen LogP contribution in [0, 0.1) is 19.7 Å². The van der Waals surface area contributed by atoms with Crippen molar-refractivity contribution in [2.24, 2.45) is 0 Å². The van der Waals surface area contributed by atoms with Crippen LogP contribution in [0.15, 0.2) is 40.9 Å². The Balaban J connectivity index is 2.09. The molecule has 0 unspecified atom stereocenters. The molecule has 0 heterocycles. The van der Waals surface area contributed by atoms with Gasteiger partial charge in [0.15, 0.2) is 0 Å². The van der Waals surface area contributed by atoms with Crippen molar-refractivity contribution < 1.29 is 9.18 Å². The molecule has 2 aromatic carbocycles. The fourth-order valence-corrected chi connectivity index (χ4v) is 2.51. The topological polar surface area (TPSA) is 17.1 Å². The Morgan fingerprint density at radius 2 is 1.85 bits per heavy atom. The summed E-state index contributed by atoms with van der Waals surface area (Å²) >= 11 is 3.19. The van der Waals surface area contributed by atoms with E-state index in [1.807, 2.05) is 32.0 Å². The van der Waals surface area contributed by atoms with Gasteiger partial charge in [0.25, 0.3) is 0 Å². The lowest BCUT2D eigenvalue weighted by atomic mass is 9.99. The van der Waals surface area contributed by atoms with Gasteiger partial charge in [-0.05, 0) is 58.1 Å². The van der Waals surface area contributed by atoms with E-state index in [-0.39, 0.29) is 18.0 Å². The molecule has 2 aromatic rings. The molecule has 0 N–H and O–H groups in total. The first kappa shape index (κ1) is 14.9. The Kier molecular flexibility index (Phi) is 4.71. The number of hydrogen-bond acceptors (Lipinski definition) is 1. The largest absolute Gasteiger partial charge is 0.299 e. The van der Waals surface area contributed by atoms with E-state index in [0.717, 1.165) is 5.56 Å². The summed E-state index contributed by atoms with van der Waals surface area (Å²) in [4.78, 5) is 12.1. The number of carbonyl (C=O) groups excluding carboxylic acids is 1. The van der Waals surface area contributed by atoms with Crippen LogP contribution >= 0.6 is 15.9 Å². The molecule has 0 radical (unpaired) electrons. The highest BCUT2D eigenvalue weighted by Gasteiger charge is 2.11. The number of benzene rings is 2. The summed E-state index contributed by atoms with van der Waals surface area (Å²) in [6.07, 6.45) is 0.620. The summed E-state index contributed by atoms with van der Waals surface area (Å²) in [5.74, 6) is -0.249. The van der Waals surface area contributed by atoms with Gasteiger partial charge in [-0.2, -0.15) is 0 Å². The quantitative estimate of drug-likeness (QED) is 0.801. The van der Waals surface area contributed by atoms with Gasteiger partial charge in [-0.15, -0.1) is 0 Å². The van der Waals surface area contributed by atoms with E-state index in [1.165, 1.54) is 17.2 Å². The molecule has 0 amide bonds. The number of ketones is 1. The molecule has 0 aliphatic rings. The van der Waals surface area contributed by atoms with Crippen molar-refractivity contribution in [3.8, 4) is 0 Å². The molecule has 104 valence electrons. The van der Waals surface area contributed by atoms with Gasteiger partial charge in [0.05, 0.1) is 4.47 Å². The standard InChI is InChI=1S/C17H16BrFO/c1-11-6-7-13(8-12(11)2)9-15(20)10-14-4-3-5-16(19)17(14)18/h3-8H,9-10H2,1-2H3. The number of hydrogen-bond donors (Lipinski definition) is 0. The number of Topliss-reactive ketones (excluding diaryl/α,β-unsaturated/α-hetero) is 1. The Hall–Kier alpha value is -1.48. The van der Waals surface area contributed by atoms with Gasteiger partial charge in [0, 0.05) is 12.8 Å². The molecule has 0 fully saturated rings. The first-order valence-electron chi connectivity index (χ1n) is 6.48. The van der Waals surface area contributed by atoms with Crippen LogP contribution in [-0.4, -0.2) is 5.78 Å². The Morgan fingerprint density at radius 1 is 1.10 bits per heavy atom. The molecule has 0 aliphatic heterocycles. The van der Waals surface area contributed by atoms with Gasteiger partial charge in [-0.3, -0.25) is 4.79 Å². The predicted octanol–water partition coefficient (Wildman–Crippen LogP) is 4.56. The van der Waals surface area contributed by atoms with E-state index in [2.05, 4.69) is 15.9 Å². The molecule has 0 atom stereocenters. The highest BCUT2D eigenvalue weighted by atomic mass is 79.9. The molecule has 3 heteroatoms. The third-order valence-corrected chi connectivity index (χ3v) is 4.28. The lowest BCUT2D eigenvalue weighted by Crippen LogP contribution is -2.07. The van der Waals surface area contributed by atoms with Crippen molar-refractivity contribution in [2.75, 3.05) is 0 Å². The fourth-order valence-electron chi connectivity index (χ4n) is 2.10. The lowest BCUT2D eigenvalue weighted by Gasteiger charge is -2.07. The number of halogens is 2. The van der Waals surface area contributed by atoms with Crippen LogP contribution in [0.4, 0.5) is 4.39 Å². The van der Waals surface area contributed by atoms with Crippen LogP contribution in [0.2, 0.25) is 0 Å². The predicted molar refractivity (Wildman–Crippen MR) is 82.4 cm³/mol. The maximum Gasteiger partial charge on any atom is 0.141 e. The number of aryl methyl sites for hydroxylation is 2. The highest BCUT2D eigenvalue weighted by Crippen LogP contribution is 2.21. The van der Waals surface area contributed by atoms with Gasteiger partial charge in [-0.25, -0.2) is 4.39 Å². The molecular formula is C17H16BrFO. The maximum atomic E-state index is 13.4. The monoisotopic (exact) mass is 334 g/mol. The molecule has 0 aliphatic carbocycles. The van der Waals surface area contributed by atoms with Crippen molar-refractivity contribution in [3.05, 3.63) is 68.9 Å². The van der Waals surface area contributed by atoms with Crippen LogP contribution in [0.25, 0.3) is 0 Å². The van der Waals surface area contributed by atoms with Crippen molar-refractivity contribution >= 4 is 21.7 Å². The van der Waals surface area contributed by atoms with Gasteiger partial charge in [0.1, 0.15) is 11.6 Å².